The predicted octanol–water partition coefficient (Wildman–Crippen LogP) is 1.58. The molecule has 5 heteroatoms. The van der Waals surface area contributed by atoms with E-state index in [9.17, 15) is 9.90 Å². The van der Waals surface area contributed by atoms with Gasteiger partial charge in [-0.15, -0.1) is 0 Å². The normalized spacial score (nSPS) is 22.2. The summed E-state index contributed by atoms with van der Waals surface area (Å²) < 4.78 is 10.4. The molecule has 5 nitrogen and oxygen atoms in total. The zero-order valence-electron chi connectivity index (χ0n) is 9.89. The third-order valence-electron chi connectivity index (χ3n) is 3.43. The molecule has 18 heavy (non-hydrogen) atoms. The Balaban J connectivity index is 1.90. The first-order valence-corrected chi connectivity index (χ1v) is 6.12. The number of benzene rings is 1. The first-order valence-electron chi connectivity index (χ1n) is 6.12. The molecule has 1 fully saturated rings. The Morgan fingerprint density at radius 2 is 2.33 bits per heavy atom. The van der Waals surface area contributed by atoms with E-state index in [0.717, 1.165) is 25.0 Å². The third kappa shape index (κ3) is 2.07. The number of hydrogen-bond acceptors (Lipinski definition) is 4. The fourth-order valence-corrected chi connectivity index (χ4v) is 2.43. The van der Waals surface area contributed by atoms with E-state index in [1.54, 1.807) is 12.1 Å². The van der Waals surface area contributed by atoms with E-state index in [4.69, 9.17) is 9.15 Å². The molecule has 0 saturated carbocycles. The first-order chi connectivity index (χ1) is 8.74. The molecule has 0 bridgehead atoms. The second-order valence-electron chi connectivity index (χ2n) is 4.69. The van der Waals surface area contributed by atoms with E-state index in [2.05, 4.69) is 4.98 Å². The van der Waals surface area contributed by atoms with Crippen molar-refractivity contribution in [2.75, 3.05) is 13.2 Å². The van der Waals surface area contributed by atoms with Gasteiger partial charge in [0.05, 0.1) is 18.2 Å². The first kappa shape index (κ1) is 11.5. The molecule has 0 radical (unpaired) electrons. The minimum Gasteiger partial charge on any atom is -0.408 e. The van der Waals surface area contributed by atoms with Crippen LogP contribution < -0.4 is 5.76 Å². The van der Waals surface area contributed by atoms with Crippen LogP contribution in [-0.4, -0.2) is 23.3 Å². The molecule has 2 unspecified atom stereocenters. The number of fused-ring (bicyclic) bond motifs is 1. The van der Waals surface area contributed by atoms with Gasteiger partial charge in [0, 0.05) is 12.5 Å². The Labute approximate surface area is 103 Å². The molecule has 2 N–H and O–H groups in total. The van der Waals surface area contributed by atoms with Crippen LogP contribution >= 0.6 is 0 Å². The Morgan fingerprint density at radius 1 is 1.44 bits per heavy atom. The quantitative estimate of drug-likeness (QED) is 0.847. The number of H-pyrrole nitrogens is 1. The average molecular weight is 249 g/mol. The minimum absolute atomic E-state index is 0.113. The molecule has 1 aliphatic rings. The smallest absolute Gasteiger partial charge is 0.408 e. The standard InChI is InChI=1S/C13H15NO4/c15-12(9-2-1-5-17-7-9)8-3-4-10-11(6-8)18-13(16)14-10/h3-4,6,9,12,15H,1-2,5,7H2,(H,14,16). The van der Waals surface area contributed by atoms with Gasteiger partial charge in [0.15, 0.2) is 5.58 Å². The van der Waals surface area contributed by atoms with Gasteiger partial charge < -0.3 is 14.3 Å². The van der Waals surface area contributed by atoms with Crippen LogP contribution in [0.25, 0.3) is 11.1 Å². The van der Waals surface area contributed by atoms with Crippen molar-refractivity contribution < 1.29 is 14.3 Å². The summed E-state index contributed by atoms with van der Waals surface area (Å²) >= 11 is 0. The van der Waals surface area contributed by atoms with Crippen molar-refractivity contribution in [3.63, 3.8) is 0 Å². The van der Waals surface area contributed by atoms with Crippen molar-refractivity contribution >= 4 is 11.1 Å². The van der Waals surface area contributed by atoms with Crippen LogP contribution in [0.3, 0.4) is 0 Å². The number of nitrogens with one attached hydrogen (secondary N) is 1. The zero-order chi connectivity index (χ0) is 12.5. The van der Waals surface area contributed by atoms with Crippen molar-refractivity contribution in [2.24, 2.45) is 5.92 Å². The maximum atomic E-state index is 11.1. The monoisotopic (exact) mass is 249 g/mol. The highest BCUT2D eigenvalue weighted by Gasteiger charge is 2.24. The van der Waals surface area contributed by atoms with Crippen molar-refractivity contribution in [3.05, 3.63) is 34.3 Å². The summed E-state index contributed by atoms with van der Waals surface area (Å²) in [5, 5.41) is 10.3. The summed E-state index contributed by atoms with van der Waals surface area (Å²) in [6.07, 6.45) is 1.36. The Kier molecular flexibility index (Phi) is 2.93. The van der Waals surface area contributed by atoms with E-state index in [0.29, 0.717) is 17.7 Å². The van der Waals surface area contributed by atoms with Crippen LogP contribution in [0.15, 0.2) is 27.4 Å². The average Bonchev–Trinajstić information content (AvgIpc) is 2.78. The lowest BCUT2D eigenvalue weighted by Crippen LogP contribution is -2.23. The molecular formula is C13H15NO4. The summed E-state index contributed by atoms with van der Waals surface area (Å²) in [6, 6.07) is 5.28. The van der Waals surface area contributed by atoms with E-state index in [1.165, 1.54) is 0 Å². The lowest BCUT2D eigenvalue weighted by molar-refractivity contribution is -0.00994. The van der Waals surface area contributed by atoms with Gasteiger partial charge in [-0.05, 0) is 30.5 Å². The fourth-order valence-electron chi connectivity index (χ4n) is 2.43. The number of aromatic nitrogens is 1. The summed E-state index contributed by atoms with van der Waals surface area (Å²) in [5.74, 6) is -0.362. The number of oxazole rings is 1. The number of aliphatic hydroxyl groups is 1. The van der Waals surface area contributed by atoms with Gasteiger partial charge in [0.1, 0.15) is 0 Å². The maximum absolute atomic E-state index is 11.1. The Bertz CT molecular complexity index is 594. The van der Waals surface area contributed by atoms with Gasteiger partial charge in [0.25, 0.3) is 0 Å². The summed E-state index contributed by atoms with van der Waals surface area (Å²) in [4.78, 5) is 13.6. The van der Waals surface area contributed by atoms with Gasteiger partial charge in [-0.1, -0.05) is 6.07 Å². The topological polar surface area (TPSA) is 75.5 Å². The van der Waals surface area contributed by atoms with Gasteiger partial charge in [-0.2, -0.15) is 0 Å². The second kappa shape index (κ2) is 4.59. The maximum Gasteiger partial charge on any atom is 0.417 e. The van der Waals surface area contributed by atoms with Gasteiger partial charge in [0.2, 0.25) is 0 Å². The number of hydrogen-bond donors (Lipinski definition) is 2. The summed E-state index contributed by atoms with van der Waals surface area (Å²) in [6.45, 7) is 1.35. The van der Waals surface area contributed by atoms with E-state index in [-0.39, 0.29) is 5.92 Å². The minimum atomic E-state index is -0.574. The van der Waals surface area contributed by atoms with E-state index in [1.807, 2.05) is 6.07 Å². The molecule has 1 aliphatic heterocycles. The van der Waals surface area contributed by atoms with Crippen molar-refractivity contribution in [1.82, 2.24) is 4.98 Å². The highest BCUT2D eigenvalue weighted by atomic mass is 16.5. The highest BCUT2D eigenvalue weighted by Crippen LogP contribution is 2.29. The molecule has 1 saturated heterocycles. The molecule has 2 heterocycles. The molecule has 0 amide bonds. The van der Waals surface area contributed by atoms with Crippen LogP contribution in [0.4, 0.5) is 0 Å². The van der Waals surface area contributed by atoms with E-state index >= 15 is 0 Å². The number of ether oxygens (including phenoxy) is 1. The molecule has 2 aromatic rings. The SMILES string of the molecule is O=c1[nH]c2ccc(C(O)C3CCCOC3)cc2o1. The predicted molar refractivity (Wildman–Crippen MR) is 65.3 cm³/mol. The largest absolute Gasteiger partial charge is 0.417 e. The number of aromatic amines is 1. The van der Waals surface area contributed by atoms with Crippen molar-refractivity contribution in [1.29, 1.82) is 0 Å². The molecule has 2 atom stereocenters. The summed E-state index contributed by atoms with van der Waals surface area (Å²) in [7, 11) is 0. The summed E-state index contributed by atoms with van der Waals surface area (Å²) in [5.41, 5.74) is 1.89. The van der Waals surface area contributed by atoms with Gasteiger partial charge in [-0.25, -0.2) is 4.79 Å². The highest BCUT2D eigenvalue weighted by molar-refractivity contribution is 5.72. The number of aliphatic hydroxyl groups excluding tert-OH is 1. The van der Waals surface area contributed by atoms with Crippen molar-refractivity contribution in [3.8, 4) is 0 Å². The van der Waals surface area contributed by atoms with E-state index < -0.39 is 11.9 Å². The van der Waals surface area contributed by atoms with Crippen LogP contribution in [0.2, 0.25) is 0 Å². The molecule has 1 aromatic heterocycles. The zero-order valence-corrected chi connectivity index (χ0v) is 9.89. The molecular weight excluding hydrogens is 234 g/mol. The molecule has 0 aliphatic carbocycles. The Morgan fingerprint density at radius 3 is 3.11 bits per heavy atom. The van der Waals surface area contributed by atoms with Gasteiger partial charge in [-0.3, -0.25) is 4.98 Å². The van der Waals surface area contributed by atoms with Crippen LogP contribution in [0.5, 0.6) is 0 Å². The van der Waals surface area contributed by atoms with Gasteiger partial charge >= 0.3 is 5.76 Å². The Hall–Kier alpha value is -1.59. The fraction of sp³-hybridized carbons (Fsp3) is 0.462. The molecule has 0 spiro atoms. The van der Waals surface area contributed by atoms with Crippen LogP contribution in [0, 0.1) is 5.92 Å². The molecule has 3 rings (SSSR count). The van der Waals surface area contributed by atoms with Crippen LogP contribution in [-0.2, 0) is 4.74 Å². The molecule has 1 aromatic carbocycles. The molecule has 96 valence electrons. The van der Waals surface area contributed by atoms with Crippen molar-refractivity contribution in [2.45, 2.75) is 18.9 Å². The lowest BCUT2D eigenvalue weighted by Gasteiger charge is -2.26. The lowest BCUT2D eigenvalue weighted by atomic mass is 9.91. The number of rotatable bonds is 2. The third-order valence-corrected chi connectivity index (χ3v) is 3.43. The second-order valence-corrected chi connectivity index (χ2v) is 4.69. The van der Waals surface area contributed by atoms with Crippen LogP contribution in [0.1, 0.15) is 24.5 Å².